The predicted octanol–water partition coefficient (Wildman–Crippen LogP) is 11.0. The van der Waals surface area contributed by atoms with E-state index in [2.05, 4.69) is 12.6 Å². The zero-order valence-corrected chi connectivity index (χ0v) is 28.5. The van der Waals surface area contributed by atoms with Crippen molar-refractivity contribution in [3.8, 4) is 22.3 Å². The van der Waals surface area contributed by atoms with Crippen molar-refractivity contribution in [2.24, 2.45) is 0 Å². The van der Waals surface area contributed by atoms with Gasteiger partial charge in [0.1, 0.15) is 0 Å². The fourth-order valence-corrected chi connectivity index (χ4v) is 6.70. The molecule has 0 unspecified atom stereocenters. The molecule has 0 radical (unpaired) electrons. The number of nitrogens with zero attached hydrogens (tertiary/aromatic N) is 2. The molecule has 0 aliphatic rings. The summed E-state index contributed by atoms with van der Waals surface area (Å²) in [6.45, 7) is 0. The Kier molecular flexibility index (Phi) is 11.4. The fourth-order valence-electron chi connectivity index (χ4n) is 4.24. The van der Waals surface area contributed by atoms with E-state index in [4.69, 9.17) is 75.2 Å². The van der Waals surface area contributed by atoms with Gasteiger partial charge in [0, 0.05) is 33.1 Å². The van der Waals surface area contributed by atoms with Gasteiger partial charge in [0.15, 0.2) is 0 Å². The van der Waals surface area contributed by atoms with Crippen LogP contribution in [0.15, 0.2) is 93.5 Å². The molecular formula is C30H20Cl5N5O4S2. The summed E-state index contributed by atoms with van der Waals surface area (Å²) < 4.78 is 0. The quantitative estimate of drug-likeness (QED) is 0.0575. The van der Waals surface area contributed by atoms with Crippen LogP contribution in [-0.4, -0.2) is 9.85 Å². The van der Waals surface area contributed by atoms with Gasteiger partial charge in [-0.05, 0) is 66.7 Å². The molecule has 236 valence electrons. The standard InChI is InChI=1S/C24H14Cl4N4O4S.C6H6ClNS/c25-15-5-7-19(23(31(33)34)21(15)13-3-1-11(29)9-17(13)27)37-20-8-6-16(26)22(24(20)32(35)36)14-4-2-12(30)10-18(14)28;7-5-3-4(8)1-2-6(5)9/h1-10H,29-30H2;1-3,9H,8H2. The van der Waals surface area contributed by atoms with Gasteiger partial charge in [-0.3, -0.25) is 20.2 Å². The number of nitro benzene ring substituents is 2. The van der Waals surface area contributed by atoms with Gasteiger partial charge in [0.2, 0.25) is 0 Å². The lowest BCUT2D eigenvalue weighted by Crippen LogP contribution is -1.99. The summed E-state index contributed by atoms with van der Waals surface area (Å²) in [5, 5.41) is 25.6. The Morgan fingerprint density at radius 2 is 0.913 bits per heavy atom. The molecule has 0 heterocycles. The fraction of sp³-hybridized carbons (Fsp3) is 0. The van der Waals surface area contributed by atoms with Gasteiger partial charge < -0.3 is 17.2 Å². The maximum atomic E-state index is 12.3. The van der Waals surface area contributed by atoms with Crippen molar-refractivity contribution in [1.82, 2.24) is 0 Å². The lowest BCUT2D eigenvalue weighted by atomic mass is 10.0. The molecule has 0 spiro atoms. The summed E-state index contributed by atoms with van der Waals surface area (Å²) >= 11 is 35.9. The van der Waals surface area contributed by atoms with E-state index in [1.54, 1.807) is 18.2 Å². The van der Waals surface area contributed by atoms with Crippen LogP contribution >= 0.6 is 82.4 Å². The topological polar surface area (TPSA) is 164 Å². The highest BCUT2D eigenvalue weighted by Gasteiger charge is 2.30. The number of nitro groups is 2. The van der Waals surface area contributed by atoms with Crippen LogP contribution in [0.5, 0.6) is 0 Å². The first-order valence-corrected chi connectivity index (χ1v) is 15.8. The van der Waals surface area contributed by atoms with Gasteiger partial charge in [-0.25, -0.2) is 0 Å². The molecule has 0 saturated heterocycles. The first-order chi connectivity index (χ1) is 21.7. The number of hydrogen-bond acceptors (Lipinski definition) is 9. The molecule has 6 N–H and O–H groups in total. The van der Waals surface area contributed by atoms with Crippen molar-refractivity contribution in [2.45, 2.75) is 14.7 Å². The largest absolute Gasteiger partial charge is 0.399 e. The van der Waals surface area contributed by atoms with E-state index in [-0.39, 0.29) is 63.5 Å². The van der Waals surface area contributed by atoms with Gasteiger partial charge in [0.05, 0.1) is 55.9 Å². The van der Waals surface area contributed by atoms with Crippen LogP contribution in [0.2, 0.25) is 25.1 Å². The number of nitrogens with two attached hydrogens (primary N) is 3. The van der Waals surface area contributed by atoms with Gasteiger partial charge in [-0.1, -0.05) is 81.9 Å². The molecule has 16 heteroatoms. The summed E-state index contributed by atoms with van der Waals surface area (Å²) in [5.41, 5.74) is 18.3. The highest BCUT2D eigenvalue weighted by Crippen LogP contribution is 2.51. The summed E-state index contributed by atoms with van der Waals surface area (Å²) in [6, 6.07) is 19.9. The molecule has 46 heavy (non-hydrogen) atoms. The molecule has 5 aromatic rings. The van der Waals surface area contributed by atoms with E-state index in [1.165, 1.54) is 60.7 Å². The van der Waals surface area contributed by atoms with Crippen molar-refractivity contribution in [1.29, 1.82) is 0 Å². The Hall–Kier alpha value is -3.55. The van der Waals surface area contributed by atoms with Crippen molar-refractivity contribution in [2.75, 3.05) is 17.2 Å². The highest BCUT2D eigenvalue weighted by atomic mass is 35.5. The first kappa shape index (κ1) is 35.3. The van der Waals surface area contributed by atoms with E-state index in [1.807, 2.05) is 0 Å². The number of thiol groups is 1. The molecule has 9 nitrogen and oxygen atoms in total. The van der Waals surface area contributed by atoms with Crippen LogP contribution in [-0.2, 0) is 0 Å². The van der Waals surface area contributed by atoms with Gasteiger partial charge in [-0.2, -0.15) is 0 Å². The highest BCUT2D eigenvalue weighted by molar-refractivity contribution is 7.99. The lowest BCUT2D eigenvalue weighted by molar-refractivity contribution is -0.387. The zero-order valence-electron chi connectivity index (χ0n) is 23.0. The SMILES string of the molecule is Nc1ccc(-c2c(Cl)ccc(Sc3ccc(Cl)c(-c4ccc(N)cc4Cl)c3[N+](=O)[O-])c2[N+](=O)[O-])c(Cl)c1.Nc1ccc(S)c(Cl)c1. The molecular weight excluding hydrogens is 736 g/mol. The summed E-state index contributed by atoms with van der Waals surface area (Å²) in [5.74, 6) is 0. The average molecular weight is 756 g/mol. The molecule has 5 aromatic carbocycles. The van der Waals surface area contributed by atoms with E-state index in [9.17, 15) is 20.2 Å². The molecule has 0 aromatic heterocycles. The maximum absolute atomic E-state index is 12.3. The Balaban J connectivity index is 0.000000459. The number of rotatable bonds is 6. The minimum Gasteiger partial charge on any atom is -0.399 e. The van der Waals surface area contributed by atoms with Crippen molar-refractivity contribution >= 4 is 111 Å². The second-order valence-electron chi connectivity index (χ2n) is 9.34. The Morgan fingerprint density at radius 1 is 0.543 bits per heavy atom. The Morgan fingerprint density at radius 3 is 1.24 bits per heavy atom. The molecule has 0 atom stereocenters. The van der Waals surface area contributed by atoms with E-state index in [0.29, 0.717) is 22.1 Å². The van der Waals surface area contributed by atoms with Crippen LogP contribution in [0.4, 0.5) is 28.4 Å². The molecule has 0 aliphatic carbocycles. The third-order valence-corrected chi connectivity index (χ3v) is 9.45. The third kappa shape index (κ3) is 7.87. The maximum Gasteiger partial charge on any atom is 0.292 e. The normalized spacial score (nSPS) is 10.7. The number of hydrogen-bond donors (Lipinski definition) is 4. The lowest BCUT2D eigenvalue weighted by Gasteiger charge is -2.14. The number of nitrogen functional groups attached to an aromatic ring is 3. The minimum absolute atomic E-state index is 0.0556. The number of benzene rings is 5. The third-order valence-electron chi connectivity index (χ3n) is 6.26. The van der Waals surface area contributed by atoms with E-state index in [0.717, 1.165) is 16.7 Å². The van der Waals surface area contributed by atoms with Crippen LogP contribution in [0.1, 0.15) is 0 Å². The van der Waals surface area contributed by atoms with Crippen LogP contribution in [0.25, 0.3) is 22.3 Å². The summed E-state index contributed by atoms with van der Waals surface area (Å²) in [7, 11) is 0. The molecule has 0 bridgehead atoms. The van der Waals surface area contributed by atoms with Crippen molar-refractivity contribution in [3.63, 3.8) is 0 Å². The monoisotopic (exact) mass is 753 g/mol. The van der Waals surface area contributed by atoms with Crippen molar-refractivity contribution in [3.05, 3.63) is 124 Å². The first-order valence-electron chi connectivity index (χ1n) is 12.7. The molecule has 0 fully saturated rings. The van der Waals surface area contributed by atoms with Gasteiger partial charge in [-0.15, -0.1) is 12.6 Å². The molecule has 0 amide bonds. The van der Waals surface area contributed by atoms with Crippen LogP contribution < -0.4 is 17.2 Å². The predicted molar refractivity (Wildman–Crippen MR) is 193 cm³/mol. The second kappa shape index (κ2) is 14.9. The zero-order chi connectivity index (χ0) is 33.9. The number of halogens is 5. The average Bonchev–Trinajstić information content (AvgIpc) is 2.97. The molecule has 5 rings (SSSR count). The molecule has 0 aliphatic heterocycles. The molecule has 0 saturated carbocycles. The van der Waals surface area contributed by atoms with Crippen molar-refractivity contribution < 1.29 is 9.85 Å². The second-order valence-corrected chi connectivity index (χ2v) is 12.9. The van der Waals surface area contributed by atoms with Crippen LogP contribution in [0.3, 0.4) is 0 Å². The Labute approximate surface area is 297 Å². The van der Waals surface area contributed by atoms with Gasteiger partial charge in [0.25, 0.3) is 11.4 Å². The van der Waals surface area contributed by atoms with Gasteiger partial charge >= 0.3 is 0 Å². The summed E-state index contributed by atoms with van der Waals surface area (Å²) in [6.07, 6.45) is 0. The van der Waals surface area contributed by atoms with E-state index < -0.39 is 9.85 Å². The van der Waals surface area contributed by atoms with E-state index >= 15 is 0 Å². The minimum atomic E-state index is -0.615. The summed E-state index contributed by atoms with van der Waals surface area (Å²) in [4.78, 5) is 24.2. The smallest absolute Gasteiger partial charge is 0.292 e. The number of anilines is 3. The van der Waals surface area contributed by atoms with Crippen LogP contribution in [0, 0.1) is 20.2 Å². The Bertz CT molecular complexity index is 1900.